The van der Waals surface area contributed by atoms with Crippen molar-refractivity contribution in [3.63, 3.8) is 0 Å². The summed E-state index contributed by atoms with van der Waals surface area (Å²) < 4.78 is 12.3. The first-order chi connectivity index (χ1) is 14.0. The molecule has 11 heteroatoms. The van der Waals surface area contributed by atoms with Gasteiger partial charge in [0, 0.05) is 11.4 Å². The minimum atomic E-state index is -0.468. The van der Waals surface area contributed by atoms with E-state index in [4.69, 9.17) is 9.47 Å². The van der Waals surface area contributed by atoms with Crippen LogP contribution in [0.4, 0.5) is 4.79 Å². The second-order valence-electron chi connectivity index (χ2n) is 6.00. The number of benzene rings is 1. The molecule has 1 aliphatic rings. The van der Waals surface area contributed by atoms with Crippen LogP contribution in [0.15, 0.2) is 40.7 Å². The second kappa shape index (κ2) is 9.41. The number of ether oxygens (including phenoxy) is 2. The third kappa shape index (κ3) is 4.67. The Hall–Kier alpha value is -3.08. The smallest absolute Gasteiger partial charge is 0.337 e. The number of hydrogen-bond donors (Lipinski definition) is 2. The van der Waals surface area contributed by atoms with Crippen LogP contribution >= 0.6 is 11.8 Å². The molecule has 0 aliphatic carbocycles. The van der Waals surface area contributed by atoms with Crippen molar-refractivity contribution in [2.24, 2.45) is 0 Å². The predicted molar refractivity (Wildman–Crippen MR) is 106 cm³/mol. The van der Waals surface area contributed by atoms with Gasteiger partial charge in [-0.15, -0.1) is 5.10 Å². The summed E-state index contributed by atoms with van der Waals surface area (Å²) in [4.78, 5) is 24.2. The van der Waals surface area contributed by atoms with Gasteiger partial charge in [0.05, 0.1) is 24.8 Å². The fourth-order valence-corrected chi connectivity index (χ4v) is 3.71. The molecule has 29 heavy (non-hydrogen) atoms. The zero-order chi connectivity index (χ0) is 20.8. The monoisotopic (exact) mass is 418 g/mol. The summed E-state index contributed by atoms with van der Waals surface area (Å²) in [5.41, 5.74) is 1.55. The van der Waals surface area contributed by atoms with E-state index < -0.39 is 12.0 Å². The summed E-state index contributed by atoms with van der Waals surface area (Å²) in [5.74, 6) is 0.465. The third-order valence-electron chi connectivity index (χ3n) is 4.05. The number of para-hydroxylation sites is 2. The number of hydrogen-bond acceptors (Lipinski definition) is 8. The van der Waals surface area contributed by atoms with Crippen LogP contribution in [0.25, 0.3) is 5.69 Å². The number of tetrazole rings is 1. The van der Waals surface area contributed by atoms with Crippen molar-refractivity contribution < 1.29 is 19.1 Å². The van der Waals surface area contributed by atoms with Crippen LogP contribution in [0, 0.1) is 0 Å². The number of aromatic nitrogens is 4. The molecule has 0 saturated heterocycles. The van der Waals surface area contributed by atoms with Gasteiger partial charge in [0.1, 0.15) is 11.4 Å². The van der Waals surface area contributed by atoms with Crippen molar-refractivity contribution in [3.05, 3.63) is 35.5 Å². The van der Waals surface area contributed by atoms with E-state index in [1.807, 2.05) is 31.2 Å². The molecule has 1 aliphatic heterocycles. The Bertz CT molecular complexity index is 929. The molecule has 0 radical (unpaired) electrons. The van der Waals surface area contributed by atoms with Gasteiger partial charge >= 0.3 is 12.0 Å². The summed E-state index contributed by atoms with van der Waals surface area (Å²) >= 11 is 1.29. The zero-order valence-electron chi connectivity index (χ0n) is 16.3. The van der Waals surface area contributed by atoms with E-state index >= 15 is 0 Å². The molecule has 0 fully saturated rings. The largest absolute Gasteiger partial charge is 0.492 e. The fraction of sp³-hybridized carbons (Fsp3) is 0.389. The van der Waals surface area contributed by atoms with E-state index in [9.17, 15) is 9.59 Å². The number of nitrogens with one attached hydrogen (secondary N) is 2. The molecule has 10 nitrogen and oxygen atoms in total. The number of nitrogens with zero attached hydrogens (tertiary/aromatic N) is 4. The van der Waals surface area contributed by atoms with Gasteiger partial charge in [0.2, 0.25) is 5.16 Å². The molecule has 154 valence electrons. The van der Waals surface area contributed by atoms with Gasteiger partial charge in [-0.3, -0.25) is 0 Å². The first-order valence-electron chi connectivity index (χ1n) is 9.16. The Morgan fingerprint density at radius 3 is 2.83 bits per heavy atom. The lowest BCUT2D eigenvalue weighted by Crippen LogP contribution is -2.49. The van der Waals surface area contributed by atoms with E-state index in [1.165, 1.54) is 11.8 Å². The second-order valence-corrected chi connectivity index (χ2v) is 6.94. The number of rotatable bonds is 8. The molecule has 1 aromatic heterocycles. The molecular formula is C18H22N6O4S. The van der Waals surface area contributed by atoms with Crippen LogP contribution in [0.1, 0.15) is 20.8 Å². The molecule has 1 aromatic carbocycles. The number of thioether (sulfide) groups is 1. The van der Waals surface area contributed by atoms with Crippen molar-refractivity contribution in [3.8, 4) is 11.4 Å². The molecule has 2 amide bonds. The van der Waals surface area contributed by atoms with Crippen molar-refractivity contribution >= 4 is 23.8 Å². The zero-order valence-corrected chi connectivity index (χ0v) is 17.2. The van der Waals surface area contributed by atoms with Crippen LogP contribution in [0.5, 0.6) is 5.75 Å². The maximum atomic E-state index is 12.3. The fourth-order valence-electron chi connectivity index (χ4n) is 2.86. The van der Waals surface area contributed by atoms with E-state index in [0.29, 0.717) is 34.5 Å². The van der Waals surface area contributed by atoms with Gasteiger partial charge in [0.25, 0.3) is 0 Å². The first-order valence-corrected chi connectivity index (χ1v) is 10.1. The van der Waals surface area contributed by atoms with E-state index in [2.05, 4.69) is 26.2 Å². The molecule has 0 saturated carbocycles. The maximum Gasteiger partial charge on any atom is 0.337 e. The Labute approximate surface area is 172 Å². The van der Waals surface area contributed by atoms with E-state index in [0.717, 1.165) is 0 Å². The molecule has 1 atom stereocenters. The highest BCUT2D eigenvalue weighted by molar-refractivity contribution is 7.99. The summed E-state index contributed by atoms with van der Waals surface area (Å²) in [5, 5.41) is 17.7. The molecule has 2 heterocycles. The van der Waals surface area contributed by atoms with E-state index in [1.54, 1.807) is 18.5 Å². The highest BCUT2D eigenvalue weighted by Gasteiger charge is 2.30. The van der Waals surface area contributed by atoms with Crippen LogP contribution in [-0.4, -0.2) is 57.2 Å². The average Bonchev–Trinajstić information content (AvgIpc) is 3.15. The number of amides is 2. The Morgan fingerprint density at radius 2 is 2.07 bits per heavy atom. The number of carbonyl (C=O) groups excluding carboxylic acids is 2. The molecule has 2 aromatic rings. The summed E-state index contributed by atoms with van der Waals surface area (Å²) in [6.45, 7) is 6.12. The lowest BCUT2D eigenvalue weighted by Gasteiger charge is -2.26. The highest BCUT2D eigenvalue weighted by atomic mass is 32.2. The van der Waals surface area contributed by atoms with Gasteiger partial charge in [-0.2, -0.15) is 4.68 Å². The van der Waals surface area contributed by atoms with Crippen LogP contribution in [0.2, 0.25) is 0 Å². The van der Waals surface area contributed by atoms with Crippen molar-refractivity contribution in [2.45, 2.75) is 32.0 Å². The van der Waals surface area contributed by atoms with Gasteiger partial charge < -0.3 is 20.1 Å². The minimum absolute atomic E-state index is 0.246. The maximum absolute atomic E-state index is 12.3. The SMILES string of the molecule is CCOC(=O)C1=C(CSc2nnnn2-c2ccccc2OCC)NC(=O)NC1C. The molecule has 0 bridgehead atoms. The number of esters is 1. The lowest BCUT2D eigenvalue weighted by atomic mass is 10.1. The Kier molecular flexibility index (Phi) is 6.70. The van der Waals surface area contributed by atoms with E-state index in [-0.39, 0.29) is 18.4 Å². The topological polar surface area (TPSA) is 120 Å². The van der Waals surface area contributed by atoms with Gasteiger partial charge in [-0.25, -0.2) is 9.59 Å². The third-order valence-corrected chi connectivity index (χ3v) is 4.99. The van der Waals surface area contributed by atoms with Crippen molar-refractivity contribution in [1.82, 2.24) is 30.8 Å². The quantitative estimate of drug-likeness (QED) is 0.491. The normalized spacial score (nSPS) is 16.2. The Balaban J connectivity index is 1.86. The Morgan fingerprint density at radius 1 is 1.28 bits per heavy atom. The minimum Gasteiger partial charge on any atom is -0.492 e. The number of urea groups is 1. The molecule has 0 spiro atoms. The van der Waals surface area contributed by atoms with Crippen molar-refractivity contribution in [1.29, 1.82) is 0 Å². The molecule has 3 rings (SSSR count). The predicted octanol–water partition coefficient (Wildman–Crippen LogP) is 1.67. The summed E-state index contributed by atoms with van der Waals surface area (Å²) in [6.07, 6.45) is 0. The van der Waals surface area contributed by atoms with Gasteiger partial charge in [-0.1, -0.05) is 23.9 Å². The lowest BCUT2D eigenvalue weighted by molar-refractivity contribution is -0.138. The molecule has 2 N–H and O–H groups in total. The molecule has 1 unspecified atom stereocenters. The van der Waals surface area contributed by atoms with Crippen LogP contribution in [-0.2, 0) is 9.53 Å². The van der Waals surface area contributed by atoms with Gasteiger partial charge in [-0.05, 0) is 43.3 Å². The first kappa shape index (κ1) is 20.6. The standard InChI is InChI=1S/C18H22N6O4S/c1-4-27-14-9-7-6-8-13(14)24-18(21-22-23-24)29-10-12-15(16(25)28-5-2)11(3)19-17(26)20-12/h6-9,11H,4-5,10H2,1-3H3,(H2,19,20,26). The van der Waals surface area contributed by atoms with Crippen LogP contribution < -0.4 is 15.4 Å². The van der Waals surface area contributed by atoms with Crippen LogP contribution in [0.3, 0.4) is 0 Å². The summed E-state index contributed by atoms with van der Waals surface area (Å²) in [6, 6.07) is 6.59. The van der Waals surface area contributed by atoms with Crippen molar-refractivity contribution in [2.75, 3.05) is 19.0 Å². The average molecular weight is 418 g/mol. The highest BCUT2D eigenvalue weighted by Crippen LogP contribution is 2.27. The molecular weight excluding hydrogens is 396 g/mol. The van der Waals surface area contributed by atoms with Gasteiger partial charge in [0.15, 0.2) is 0 Å². The number of carbonyl (C=O) groups is 2. The summed E-state index contributed by atoms with van der Waals surface area (Å²) in [7, 11) is 0.